The minimum Gasteiger partial charge on any atom is -0.468 e. The van der Waals surface area contributed by atoms with Crippen molar-refractivity contribution in [3.8, 4) is 0 Å². The van der Waals surface area contributed by atoms with Crippen molar-refractivity contribution in [3.05, 3.63) is 59.5 Å². The summed E-state index contributed by atoms with van der Waals surface area (Å²) in [6, 6.07) is 13.5. The molecule has 6 heteroatoms. The van der Waals surface area contributed by atoms with E-state index >= 15 is 0 Å². The van der Waals surface area contributed by atoms with Crippen LogP contribution < -0.4 is 0 Å². The third-order valence-electron chi connectivity index (χ3n) is 5.49. The van der Waals surface area contributed by atoms with Gasteiger partial charge in [-0.15, -0.1) is 0 Å². The van der Waals surface area contributed by atoms with Gasteiger partial charge in [-0.3, -0.25) is 14.5 Å². The maximum Gasteiger partial charge on any atom is 0.322 e. The van der Waals surface area contributed by atoms with Crippen molar-refractivity contribution in [1.82, 2.24) is 9.80 Å². The van der Waals surface area contributed by atoms with E-state index in [0.717, 1.165) is 37.2 Å². The summed E-state index contributed by atoms with van der Waals surface area (Å²) in [6.45, 7) is 7.68. The number of hydrogen-bond donors (Lipinski definition) is 0. The summed E-state index contributed by atoms with van der Waals surface area (Å²) in [4.78, 5) is 29.2. The number of aryl methyl sites for hydroxylation is 1. The van der Waals surface area contributed by atoms with E-state index in [1.165, 1.54) is 12.7 Å². The fraction of sp³-hybridized carbons (Fsp3) is 0.520. The molecule has 0 spiro atoms. The number of hydrogen-bond acceptors (Lipinski definition) is 5. The van der Waals surface area contributed by atoms with Crippen molar-refractivity contribution >= 4 is 11.9 Å². The highest BCUT2D eigenvalue weighted by atomic mass is 16.5. The lowest BCUT2D eigenvalue weighted by Crippen LogP contribution is -2.47. The van der Waals surface area contributed by atoms with Gasteiger partial charge in [-0.2, -0.15) is 0 Å². The second kappa shape index (κ2) is 13.0. The predicted octanol–water partition coefficient (Wildman–Crippen LogP) is 4.21. The zero-order valence-electron chi connectivity index (χ0n) is 19.3. The molecule has 6 nitrogen and oxygen atoms in total. The molecule has 1 aromatic heterocycles. The van der Waals surface area contributed by atoms with Crippen LogP contribution in [0.15, 0.2) is 46.9 Å². The first-order valence-electron chi connectivity index (χ1n) is 11.1. The molecule has 0 bridgehead atoms. The molecule has 0 aliphatic carbocycles. The molecule has 0 radical (unpaired) electrons. The number of benzene rings is 1. The average molecular weight is 429 g/mol. The standard InChI is InChI=1S/C25H36N2O4/c1-5-6-10-16-26(21(3)25(29)30-4)19-24(28)27(18-23-14-13-20(2)31-23)17-15-22-11-8-7-9-12-22/h7-9,11-14,21H,5-6,10,15-19H2,1-4H3/t21-/m1/s1. The van der Waals surface area contributed by atoms with Gasteiger partial charge in [-0.05, 0) is 50.9 Å². The first kappa shape index (κ1) is 24.7. The Morgan fingerprint density at radius 1 is 1.06 bits per heavy atom. The molecule has 0 saturated carbocycles. The topological polar surface area (TPSA) is 63.0 Å². The lowest BCUT2D eigenvalue weighted by atomic mass is 10.1. The number of nitrogens with zero attached hydrogens (tertiary/aromatic N) is 2. The second-order valence-electron chi connectivity index (χ2n) is 7.94. The van der Waals surface area contributed by atoms with Gasteiger partial charge < -0.3 is 14.1 Å². The van der Waals surface area contributed by atoms with E-state index in [4.69, 9.17) is 9.15 Å². The number of amides is 1. The highest BCUT2D eigenvalue weighted by Crippen LogP contribution is 2.13. The van der Waals surface area contributed by atoms with Crippen LogP contribution in [0.4, 0.5) is 0 Å². The van der Waals surface area contributed by atoms with Gasteiger partial charge in [-0.1, -0.05) is 50.1 Å². The van der Waals surface area contributed by atoms with Crippen molar-refractivity contribution < 1.29 is 18.7 Å². The lowest BCUT2D eigenvalue weighted by molar-refractivity contribution is -0.147. The van der Waals surface area contributed by atoms with Gasteiger partial charge in [0.25, 0.3) is 0 Å². The number of methoxy groups -OCH3 is 1. The van der Waals surface area contributed by atoms with Gasteiger partial charge in [0.15, 0.2) is 0 Å². The van der Waals surface area contributed by atoms with Crippen molar-refractivity contribution in [1.29, 1.82) is 0 Å². The van der Waals surface area contributed by atoms with Gasteiger partial charge in [0, 0.05) is 6.54 Å². The molecule has 1 atom stereocenters. The van der Waals surface area contributed by atoms with Crippen LogP contribution in [0.2, 0.25) is 0 Å². The maximum atomic E-state index is 13.3. The van der Waals surface area contributed by atoms with Gasteiger partial charge in [-0.25, -0.2) is 0 Å². The fourth-order valence-corrected chi connectivity index (χ4v) is 3.53. The minimum absolute atomic E-state index is 0.0164. The third-order valence-corrected chi connectivity index (χ3v) is 5.49. The number of carbonyl (C=O) groups excluding carboxylic acids is 2. The summed E-state index contributed by atoms with van der Waals surface area (Å²) in [5, 5.41) is 0. The van der Waals surface area contributed by atoms with E-state index < -0.39 is 6.04 Å². The van der Waals surface area contributed by atoms with E-state index in [-0.39, 0.29) is 18.4 Å². The number of esters is 1. The number of unbranched alkanes of at least 4 members (excludes halogenated alkanes) is 2. The first-order valence-corrected chi connectivity index (χ1v) is 11.1. The van der Waals surface area contributed by atoms with Gasteiger partial charge in [0.2, 0.25) is 5.91 Å². The Bertz CT molecular complexity index is 803. The molecule has 0 aliphatic rings. The van der Waals surface area contributed by atoms with E-state index in [2.05, 4.69) is 19.1 Å². The zero-order chi connectivity index (χ0) is 22.6. The van der Waals surface area contributed by atoms with Gasteiger partial charge in [0.1, 0.15) is 17.6 Å². The number of ether oxygens (including phenoxy) is 1. The highest BCUT2D eigenvalue weighted by molar-refractivity contribution is 5.80. The van der Waals surface area contributed by atoms with Gasteiger partial charge >= 0.3 is 5.97 Å². The molecule has 0 N–H and O–H groups in total. The Morgan fingerprint density at radius 3 is 2.42 bits per heavy atom. The van der Waals surface area contributed by atoms with Crippen LogP contribution in [-0.2, 0) is 27.3 Å². The highest BCUT2D eigenvalue weighted by Gasteiger charge is 2.26. The Kier molecular flexibility index (Phi) is 10.3. The molecule has 0 aliphatic heterocycles. The molecule has 0 fully saturated rings. The summed E-state index contributed by atoms with van der Waals surface area (Å²) >= 11 is 0. The molecular weight excluding hydrogens is 392 g/mol. The van der Waals surface area contributed by atoms with Gasteiger partial charge in [0.05, 0.1) is 20.2 Å². The summed E-state index contributed by atoms with van der Waals surface area (Å²) in [6.07, 6.45) is 3.83. The largest absolute Gasteiger partial charge is 0.468 e. The second-order valence-corrected chi connectivity index (χ2v) is 7.94. The smallest absolute Gasteiger partial charge is 0.322 e. The van der Waals surface area contributed by atoms with Crippen LogP contribution in [0.25, 0.3) is 0 Å². The molecule has 2 rings (SSSR count). The van der Waals surface area contributed by atoms with E-state index in [9.17, 15) is 9.59 Å². The van der Waals surface area contributed by atoms with Crippen molar-refractivity contribution in [2.75, 3.05) is 26.7 Å². The van der Waals surface area contributed by atoms with Crippen molar-refractivity contribution in [3.63, 3.8) is 0 Å². The zero-order valence-corrected chi connectivity index (χ0v) is 19.3. The average Bonchev–Trinajstić information content (AvgIpc) is 3.20. The third kappa shape index (κ3) is 8.21. The van der Waals surface area contributed by atoms with Crippen LogP contribution in [0.5, 0.6) is 0 Å². The van der Waals surface area contributed by atoms with Crippen LogP contribution in [-0.4, -0.2) is 54.5 Å². The fourth-order valence-electron chi connectivity index (χ4n) is 3.53. The Labute approximate surface area is 186 Å². The summed E-state index contributed by atoms with van der Waals surface area (Å²) in [7, 11) is 1.39. The predicted molar refractivity (Wildman–Crippen MR) is 122 cm³/mol. The quantitative estimate of drug-likeness (QED) is 0.353. The lowest BCUT2D eigenvalue weighted by Gasteiger charge is -2.30. The molecule has 2 aromatic rings. The van der Waals surface area contributed by atoms with Crippen LogP contribution >= 0.6 is 0 Å². The molecule has 1 amide bonds. The Hall–Kier alpha value is -2.60. The van der Waals surface area contributed by atoms with Crippen LogP contribution in [0.3, 0.4) is 0 Å². The molecular formula is C25H36N2O4. The van der Waals surface area contributed by atoms with Crippen molar-refractivity contribution in [2.24, 2.45) is 0 Å². The molecule has 170 valence electrons. The number of rotatable bonds is 13. The molecule has 1 aromatic carbocycles. The number of carbonyl (C=O) groups is 2. The van der Waals surface area contributed by atoms with Crippen LogP contribution in [0, 0.1) is 6.92 Å². The molecule has 1 heterocycles. The summed E-state index contributed by atoms with van der Waals surface area (Å²) in [5.74, 6) is 1.25. The van der Waals surface area contributed by atoms with E-state index in [1.807, 2.05) is 47.1 Å². The minimum atomic E-state index is -0.465. The Balaban J connectivity index is 2.11. The monoisotopic (exact) mass is 428 g/mol. The first-order chi connectivity index (χ1) is 14.9. The number of furan rings is 1. The summed E-state index contributed by atoms with van der Waals surface area (Å²) < 4.78 is 10.6. The normalized spacial score (nSPS) is 12.0. The molecule has 0 saturated heterocycles. The molecule has 31 heavy (non-hydrogen) atoms. The molecule has 0 unspecified atom stereocenters. The SMILES string of the molecule is CCCCCN(CC(=O)N(CCc1ccccc1)Cc1ccc(C)o1)[C@H](C)C(=O)OC. The van der Waals surface area contributed by atoms with E-state index in [1.54, 1.807) is 6.92 Å². The van der Waals surface area contributed by atoms with Crippen LogP contribution in [0.1, 0.15) is 50.2 Å². The Morgan fingerprint density at radius 2 is 1.81 bits per heavy atom. The van der Waals surface area contributed by atoms with E-state index in [0.29, 0.717) is 19.6 Å². The summed E-state index contributed by atoms with van der Waals surface area (Å²) in [5.41, 5.74) is 1.18. The maximum absolute atomic E-state index is 13.3. The van der Waals surface area contributed by atoms with Crippen molar-refractivity contribution in [2.45, 2.75) is 59.0 Å².